The maximum atomic E-state index is 11.6. The number of carbonyl (C=O) groups is 3. The third-order valence-electron chi connectivity index (χ3n) is 2.00. The first-order valence-electron chi connectivity index (χ1n) is 4.73. The highest BCUT2D eigenvalue weighted by molar-refractivity contribution is 6.03. The minimum Gasteiger partial charge on any atom is -0.480 e. The van der Waals surface area contributed by atoms with E-state index in [1.165, 1.54) is 0 Å². The highest BCUT2D eigenvalue weighted by Crippen LogP contribution is 2.11. The summed E-state index contributed by atoms with van der Waals surface area (Å²) < 4.78 is 0. The summed E-state index contributed by atoms with van der Waals surface area (Å²) in [5.74, 6) is -1.25. The lowest BCUT2D eigenvalue weighted by Crippen LogP contribution is -2.37. The van der Waals surface area contributed by atoms with Crippen LogP contribution in [0.3, 0.4) is 0 Å². The third-order valence-corrected chi connectivity index (χ3v) is 2.00. The number of carboxylic acid groups (broad SMARTS) is 1. The maximum Gasteiger partial charge on any atom is 0.327 e. The molecule has 1 aliphatic rings. The Hall–Kier alpha value is -1.59. The van der Waals surface area contributed by atoms with Gasteiger partial charge in [0.1, 0.15) is 13.1 Å². The van der Waals surface area contributed by atoms with E-state index in [0.717, 1.165) is 9.80 Å². The van der Waals surface area contributed by atoms with Gasteiger partial charge in [-0.05, 0) is 5.92 Å². The topological polar surface area (TPSA) is 77.9 Å². The van der Waals surface area contributed by atoms with Crippen LogP contribution in [0.4, 0.5) is 4.79 Å². The fourth-order valence-corrected chi connectivity index (χ4v) is 1.43. The predicted octanol–water partition coefficient (Wildman–Crippen LogP) is -0.00880. The van der Waals surface area contributed by atoms with Gasteiger partial charge in [0.05, 0.1) is 0 Å². The van der Waals surface area contributed by atoms with Crippen LogP contribution >= 0.6 is 0 Å². The fourth-order valence-electron chi connectivity index (χ4n) is 1.43. The molecule has 0 saturated carbocycles. The van der Waals surface area contributed by atoms with Crippen LogP contribution in [-0.2, 0) is 9.59 Å². The van der Waals surface area contributed by atoms with Crippen molar-refractivity contribution in [3.63, 3.8) is 0 Å². The molecule has 3 amide bonds. The molecule has 1 saturated heterocycles. The molecule has 1 aliphatic heterocycles. The number of urea groups is 1. The summed E-state index contributed by atoms with van der Waals surface area (Å²) in [5.41, 5.74) is 0. The summed E-state index contributed by atoms with van der Waals surface area (Å²) in [6.45, 7) is 3.58. The van der Waals surface area contributed by atoms with Crippen molar-refractivity contribution in [1.82, 2.24) is 9.80 Å². The van der Waals surface area contributed by atoms with E-state index in [1.807, 2.05) is 13.8 Å². The zero-order chi connectivity index (χ0) is 11.6. The molecule has 0 unspecified atom stereocenters. The minimum absolute atomic E-state index is 0.127. The summed E-state index contributed by atoms with van der Waals surface area (Å²) in [4.78, 5) is 35.5. The molecule has 0 spiro atoms. The second kappa shape index (κ2) is 4.29. The van der Waals surface area contributed by atoms with Gasteiger partial charge in [-0.1, -0.05) is 13.8 Å². The highest BCUT2D eigenvalue weighted by Gasteiger charge is 2.36. The van der Waals surface area contributed by atoms with E-state index in [0.29, 0.717) is 6.54 Å². The SMILES string of the molecule is CC(C)CN1C(=O)CN(CC(=O)O)C1=O. The number of imide groups is 1. The van der Waals surface area contributed by atoms with Crippen molar-refractivity contribution in [1.29, 1.82) is 0 Å². The molecular weight excluding hydrogens is 200 g/mol. The van der Waals surface area contributed by atoms with Gasteiger partial charge in [0.25, 0.3) is 0 Å². The van der Waals surface area contributed by atoms with Crippen molar-refractivity contribution in [3.05, 3.63) is 0 Å². The average molecular weight is 214 g/mol. The van der Waals surface area contributed by atoms with Crippen LogP contribution in [0.2, 0.25) is 0 Å². The van der Waals surface area contributed by atoms with E-state index in [-0.39, 0.29) is 18.4 Å². The number of aliphatic carboxylic acids is 1. The standard InChI is InChI=1S/C9H14N2O4/c1-6(2)3-11-7(12)4-10(9(11)15)5-8(13)14/h6H,3-5H2,1-2H3,(H,13,14). The lowest BCUT2D eigenvalue weighted by Gasteiger charge is -2.17. The molecule has 0 bridgehead atoms. The summed E-state index contributed by atoms with van der Waals surface area (Å²) in [6.07, 6.45) is 0. The van der Waals surface area contributed by atoms with Crippen LogP contribution in [-0.4, -0.2) is 52.4 Å². The summed E-state index contributed by atoms with van der Waals surface area (Å²) >= 11 is 0. The quantitative estimate of drug-likeness (QED) is 0.668. The molecule has 6 nitrogen and oxygen atoms in total. The number of nitrogens with zero attached hydrogens (tertiary/aromatic N) is 2. The summed E-state index contributed by atoms with van der Waals surface area (Å²) in [7, 11) is 0. The smallest absolute Gasteiger partial charge is 0.327 e. The molecule has 0 aliphatic carbocycles. The van der Waals surface area contributed by atoms with Gasteiger partial charge in [0.15, 0.2) is 0 Å². The number of hydrogen-bond acceptors (Lipinski definition) is 3. The monoisotopic (exact) mass is 214 g/mol. The zero-order valence-corrected chi connectivity index (χ0v) is 8.77. The van der Waals surface area contributed by atoms with E-state index < -0.39 is 18.5 Å². The lowest BCUT2D eigenvalue weighted by molar-refractivity contribution is -0.137. The van der Waals surface area contributed by atoms with Gasteiger partial charge in [0.2, 0.25) is 5.91 Å². The van der Waals surface area contributed by atoms with E-state index in [2.05, 4.69) is 0 Å². The minimum atomic E-state index is -1.11. The Morgan fingerprint density at radius 2 is 2.07 bits per heavy atom. The predicted molar refractivity (Wildman–Crippen MR) is 51.2 cm³/mol. The first kappa shape index (κ1) is 11.5. The Morgan fingerprint density at radius 1 is 1.47 bits per heavy atom. The molecule has 0 atom stereocenters. The highest BCUT2D eigenvalue weighted by atomic mass is 16.4. The summed E-state index contributed by atoms with van der Waals surface area (Å²) in [6, 6.07) is -0.504. The molecule has 84 valence electrons. The largest absolute Gasteiger partial charge is 0.480 e. The zero-order valence-electron chi connectivity index (χ0n) is 8.77. The molecule has 1 N–H and O–H groups in total. The first-order chi connectivity index (χ1) is 6.91. The number of carbonyl (C=O) groups excluding carboxylic acids is 2. The molecule has 0 aromatic rings. The molecular formula is C9H14N2O4. The average Bonchev–Trinajstić information content (AvgIpc) is 2.31. The maximum absolute atomic E-state index is 11.6. The Balaban J connectivity index is 2.66. The molecule has 15 heavy (non-hydrogen) atoms. The van der Waals surface area contributed by atoms with E-state index in [1.54, 1.807) is 0 Å². The van der Waals surface area contributed by atoms with Crippen LogP contribution < -0.4 is 0 Å². The van der Waals surface area contributed by atoms with Crippen molar-refractivity contribution in [3.8, 4) is 0 Å². The van der Waals surface area contributed by atoms with Gasteiger partial charge in [-0.2, -0.15) is 0 Å². The van der Waals surface area contributed by atoms with Crippen LogP contribution in [0.15, 0.2) is 0 Å². The van der Waals surface area contributed by atoms with Gasteiger partial charge < -0.3 is 10.0 Å². The number of amides is 3. The molecule has 1 fully saturated rings. The molecule has 0 aromatic carbocycles. The molecule has 0 radical (unpaired) electrons. The van der Waals surface area contributed by atoms with Gasteiger partial charge in [-0.25, -0.2) is 4.79 Å². The van der Waals surface area contributed by atoms with Gasteiger partial charge in [-0.15, -0.1) is 0 Å². The molecule has 6 heteroatoms. The van der Waals surface area contributed by atoms with Crippen LogP contribution in [0, 0.1) is 5.92 Å². The van der Waals surface area contributed by atoms with Gasteiger partial charge in [0, 0.05) is 6.54 Å². The van der Waals surface area contributed by atoms with Gasteiger partial charge in [-0.3, -0.25) is 14.5 Å². The molecule has 1 rings (SSSR count). The van der Waals surface area contributed by atoms with Crippen LogP contribution in [0.5, 0.6) is 0 Å². The van der Waals surface area contributed by atoms with E-state index in [9.17, 15) is 14.4 Å². The summed E-state index contributed by atoms with van der Waals surface area (Å²) in [5, 5.41) is 8.52. The second-order valence-corrected chi connectivity index (χ2v) is 3.93. The van der Waals surface area contributed by atoms with Crippen molar-refractivity contribution in [2.24, 2.45) is 5.92 Å². The van der Waals surface area contributed by atoms with Crippen LogP contribution in [0.1, 0.15) is 13.8 Å². The molecule has 1 heterocycles. The Bertz CT molecular complexity index is 300. The normalized spacial score (nSPS) is 16.7. The van der Waals surface area contributed by atoms with Crippen molar-refractivity contribution < 1.29 is 19.5 Å². The Morgan fingerprint density at radius 3 is 2.53 bits per heavy atom. The second-order valence-electron chi connectivity index (χ2n) is 3.93. The lowest BCUT2D eigenvalue weighted by atomic mass is 10.2. The van der Waals surface area contributed by atoms with Crippen LogP contribution in [0.25, 0.3) is 0 Å². The Kier molecular flexibility index (Phi) is 3.28. The fraction of sp³-hybridized carbons (Fsp3) is 0.667. The third kappa shape index (κ3) is 2.68. The van der Waals surface area contributed by atoms with Gasteiger partial charge >= 0.3 is 12.0 Å². The number of carboxylic acids is 1. The Labute approximate surface area is 87.5 Å². The number of hydrogen-bond donors (Lipinski definition) is 1. The van der Waals surface area contributed by atoms with E-state index >= 15 is 0 Å². The van der Waals surface area contributed by atoms with E-state index in [4.69, 9.17) is 5.11 Å². The van der Waals surface area contributed by atoms with Crippen molar-refractivity contribution >= 4 is 17.9 Å². The van der Waals surface area contributed by atoms with Crippen molar-refractivity contribution in [2.45, 2.75) is 13.8 Å². The molecule has 0 aromatic heterocycles. The number of rotatable bonds is 4. The van der Waals surface area contributed by atoms with Crippen molar-refractivity contribution in [2.75, 3.05) is 19.6 Å². The first-order valence-corrected chi connectivity index (χ1v) is 4.73.